The van der Waals surface area contributed by atoms with E-state index in [1.54, 1.807) is 48.6 Å². The predicted molar refractivity (Wildman–Crippen MR) is 271 cm³/mol. The third kappa shape index (κ3) is 18.5. The first-order chi connectivity index (χ1) is 32.4. The van der Waals surface area contributed by atoms with Crippen LogP contribution in [0.25, 0.3) is 0 Å². The molecule has 0 spiro atoms. The molecular weight excluding hydrogens is 929 g/mol. The predicted octanol–water partition coefficient (Wildman–Crippen LogP) is 15.6. The average Bonchev–Trinajstić information content (AvgIpc) is 4.05. The molecule has 0 heterocycles. The maximum absolute atomic E-state index is 17.3. The summed E-state index contributed by atoms with van der Waals surface area (Å²) in [5, 5.41) is 0. The van der Waals surface area contributed by atoms with Gasteiger partial charge in [0.05, 0.1) is 0 Å². The molecule has 2 aromatic rings. The van der Waals surface area contributed by atoms with Crippen LogP contribution in [0, 0.1) is 23.3 Å². The summed E-state index contributed by atoms with van der Waals surface area (Å²) in [6.07, 6.45) is 44.2. The number of allylic oxidation sites excluding steroid dienone is 8. The van der Waals surface area contributed by atoms with Gasteiger partial charge < -0.3 is 0 Å². The average molecular weight is 1010 g/mol. The molecule has 0 aliphatic heterocycles. The van der Waals surface area contributed by atoms with E-state index in [-0.39, 0.29) is 11.5 Å². The number of nitrogens with one attached hydrogen (secondary N) is 2. The summed E-state index contributed by atoms with van der Waals surface area (Å²) >= 11 is -5.32. The van der Waals surface area contributed by atoms with E-state index in [0.717, 1.165) is 62.8 Å². The third-order valence-electron chi connectivity index (χ3n) is 13.6. The van der Waals surface area contributed by atoms with Crippen molar-refractivity contribution in [2.75, 3.05) is 20.9 Å². The van der Waals surface area contributed by atoms with Gasteiger partial charge in [0.25, 0.3) is 0 Å². The zero-order valence-corrected chi connectivity index (χ0v) is 44.0. The molecule has 0 radical (unpaired) electrons. The molecule has 0 bridgehead atoms. The second-order valence-electron chi connectivity index (χ2n) is 19.1. The molecule has 0 amide bonds. The van der Waals surface area contributed by atoms with Crippen LogP contribution >= 0.6 is 0 Å². The third-order valence-corrected chi connectivity index (χ3v) is 24.8. The Labute approximate surface area is 406 Å². The van der Waals surface area contributed by atoms with Crippen molar-refractivity contribution in [2.24, 2.45) is 0 Å². The number of hydrogen-bond acceptors (Lipinski definition) is 4. The molecule has 6 nitrogen and oxygen atoms in total. The SMILES string of the molecule is CCCCCCCCCCCCCCCCS(=O)(=O)Nc1ccc(F)[c]([Ti]([c]2c(F)ccc(NS(=O)(=O)CCCCCCCCCCCCCCCC)c2F)([CH]2C=CC=C2)[CH]2C=CC=C2)c1F. The zero-order valence-electron chi connectivity index (χ0n) is 40.8. The second-order valence-corrected chi connectivity index (χ2v) is 29.1. The number of sulfonamides is 2. The molecule has 67 heavy (non-hydrogen) atoms. The number of anilines is 2. The fourth-order valence-electron chi connectivity index (χ4n) is 9.92. The van der Waals surface area contributed by atoms with Gasteiger partial charge in [-0.1, -0.05) is 117 Å². The van der Waals surface area contributed by atoms with Crippen LogP contribution < -0.4 is 17.2 Å². The monoisotopic (exact) mass is 1010 g/mol. The molecule has 2 aliphatic rings. The van der Waals surface area contributed by atoms with Crippen LogP contribution in [-0.4, -0.2) is 28.3 Å². The van der Waals surface area contributed by atoms with E-state index in [0.29, 0.717) is 25.7 Å². The van der Waals surface area contributed by atoms with E-state index in [4.69, 9.17) is 0 Å². The Kier molecular flexibility index (Phi) is 26.2. The molecule has 0 saturated carbocycles. The van der Waals surface area contributed by atoms with E-state index >= 15 is 17.6 Å². The van der Waals surface area contributed by atoms with Crippen molar-refractivity contribution >= 4 is 39.2 Å². The van der Waals surface area contributed by atoms with Gasteiger partial charge in [0.2, 0.25) is 0 Å². The molecular formula is C54H82F4N2O4S2Ti. The zero-order chi connectivity index (χ0) is 48.4. The molecule has 4 rings (SSSR count). The Morgan fingerprint density at radius 1 is 0.403 bits per heavy atom. The van der Waals surface area contributed by atoms with Crippen molar-refractivity contribution in [1.29, 1.82) is 0 Å². The van der Waals surface area contributed by atoms with Crippen LogP contribution in [-0.2, 0) is 36.6 Å². The molecule has 0 saturated heterocycles. The van der Waals surface area contributed by atoms with Crippen molar-refractivity contribution in [1.82, 2.24) is 0 Å². The van der Waals surface area contributed by atoms with Gasteiger partial charge in [0.1, 0.15) is 0 Å². The minimum atomic E-state index is -5.32. The summed E-state index contributed by atoms with van der Waals surface area (Å²) in [5.41, 5.74) is -1.00. The Balaban J connectivity index is 1.43. The van der Waals surface area contributed by atoms with Crippen LogP contribution in [0.2, 0.25) is 8.45 Å². The van der Waals surface area contributed by atoms with Gasteiger partial charge in [0.15, 0.2) is 0 Å². The number of unbranched alkanes of at least 4 members (excludes halogenated alkanes) is 26. The Bertz CT molecular complexity index is 1950. The van der Waals surface area contributed by atoms with Gasteiger partial charge in [-0.15, -0.1) is 0 Å². The number of halogens is 4. The van der Waals surface area contributed by atoms with E-state index in [1.807, 2.05) is 0 Å². The van der Waals surface area contributed by atoms with Crippen LogP contribution in [0.4, 0.5) is 28.9 Å². The molecule has 376 valence electrons. The van der Waals surface area contributed by atoms with Gasteiger partial charge in [-0.2, -0.15) is 0 Å². The quantitative estimate of drug-likeness (QED) is 0.0398. The summed E-state index contributed by atoms with van der Waals surface area (Å²) in [6.45, 7) is 4.45. The van der Waals surface area contributed by atoms with Crippen LogP contribution in [0.1, 0.15) is 194 Å². The number of benzene rings is 2. The first-order valence-corrected chi connectivity index (χ1v) is 32.7. The van der Waals surface area contributed by atoms with Crippen molar-refractivity contribution in [3.8, 4) is 0 Å². The fourth-order valence-corrected chi connectivity index (χ4v) is 21.1. The van der Waals surface area contributed by atoms with Crippen LogP contribution in [0.3, 0.4) is 0 Å². The summed E-state index contributed by atoms with van der Waals surface area (Å²) in [7, 11) is -8.18. The molecule has 2 aromatic carbocycles. The molecule has 0 atom stereocenters. The fraction of sp³-hybridized carbons (Fsp3) is 0.630. The number of hydrogen-bond donors (Lipinski definition) is 2. The minimum absolute atomic E-state index is 0.267. The Morgan fingerprint density at radius 2 is 0.657 bits per heavy atom. The molecule has 0 aromatic heterocycles. The van der Waals surface area contributed by atoms with E-state index in [2.05, 4.69) is 23.3 Å². The summed E-state index contributed by atoms with van der Waals surface area (Å²) in [4.78, 5) is 0. The first kappa shape index (κ1) is 56.9. The van der Waals surface area contributed by atoms with Crippen molar-refractivity contribution in [2.45, 2.75) is 202 Å². The maximum atomic E-state index is 17.3. The first-order valence-electron chi connectivity index (χ1n) is 26.1. The normalized spacial score (nSPS) is 14.3. The van der Waals surface area contributed by atoms with Crippen molar-refractivity contribution < 1.29 is 51.0 Å². The van der Waals surface area contributed by atoms with E-state index < -0.39 is 87.5 Å². The van der Waals surface area contributed by atoms with Crippen LogP contribution in [0.15, 0.2) is 72.9 Å². The number of rotatable bonds is 38. The topological polar surface area (TPSA) is 92.3 Å². The van der Waals surface area contributed by atoms with Gasteiger partial charge in [0, 0.05) is 0 Å². The Hall–Kier alpha value is -2.67. The molecule has 0 unspecified atom stereocenters. The van der Waals surface area contributed by atoms with Crippen LogP contribution in [0.5, 0.6) is 0 Å². The van der Waals surface area contributed by atoms with E-state index in [1.165, 1.54) is 116 Å². The summed E-state index contributed by atoms with van der Waals surface area (Å²) in [5.74, 6) is -5.10. The molecule has 0 fully saturated rings. The van der Waals surface area contributed by atoms with Gasteiger partial charge in [-0.05, 0) is 0 Å². The van der Waals surface area contributed by atoms with Crippen molar-refractivity contribution in [3.05, 3.63) is 96.1 Å². The summed E-state index contributed by atoms with van der Waals surface area (Å²) in [6, 6.07) is 3.93. The van der Waals surface area contributed by atoms with Gasteiger partial charge >= 0.3 is 293 Å². The Morgan fingerprint density at radius 3 is 0.925 bits per heavy atom. The molecule has 13 heteroatoms. The second kappa shape index (κ2) is 30.8. The van der Waals surface area contributed by atoms with E-state index in [9.17, 15) is 16.8 Å². The molecule has 2 N–H and O–H groups in total. The van der Waals surface area contributed by atoms with Gasteiger partial charge in [-0.25, -0.2) is 0 Å². The van der Waals surface area contributed by atoms with Crippen molar-refractivity contribution in [3.63, 3.8) is 0 Å². The standard InChI is InChI=1S/2C22H36F2NO2S.2C5H5.Ti/c2*1-2-3-4-5-6-7-8-9-10-11-12-13-14-15-18-28(26,27)25-22-17-16-20(23)19-21(22)24;2*1-2-4-5-3-1;/h2*16-17,25H,2-15,18H2,1H3;2*1-5H;. The molecule has 2 aliphatic carbocycles. The van der Waals surface area contributed by atoms with Gasteiger partial charge in [-0.3, -0.25) is 0 Å². The summed E-state index contributed by atoms with van der Waals surface area (Å²) < 4.78 is 123.